The number of carboxylic acid groups (broad SMARTS) is 1. The van der Waals surface area contributed by atoms with Crippen molar-refractivity contribution < 1.29 is 19.4 Å². The Bertz CT molecular complexity index is 376. The van der Waals surface area contributed by atoms with Gasteiger partial charge in [0.25, 0.3) is 0 Å². The number of rotatable bonds is 5. The zero-order chi connectivity index (χ0) is 15.3. The van der Waals surface area contributed by atoms with E-state index in [4.69, 9.17) is 4.74 Å². The number of hydrogen-bond acceptors (Lipinski definition) is 4. The van der Waals surface area contributed by atoms with Crippen molar-refractivity contribution in [3.05, 3.63) is 12.7 Å². The number of amides is 1. The van der Waals surface area contributed by atoms with Gasteiger partial charge < -0.3 is 20.5 Å². The molecule has 6 nitrogen and oxygen atoms in total. The molecule has 114 valence electrons. The van der Waals surface area contributed by atoms with Crippen LogP contribution in [0, 0.1) is 5.92 Å². The molecule has 1 aliphatic heterocycles. The lowest BCUT2D eigenvalue weighted by atomic mass is 9.92. The highest BCUT2D eigenvalue weighted by Crippen LogP contribution is 2.20. The smallest absolute Gasteiger partial charge is 0.407 e. The van der Waals surface area contributed by atoms with Gasteiger partial charge in [-0.25, -0.2) is 4.79 Å². The number of carbonyl (C=O) groups is 2. The van der Waals surface area contributed by atoms with E-state index in [1.165, 1.54) is 0 Å². The maximum atomic E-state index is 11.8. The first-order valence-corrected chi connectivity index (χ1v) is 6.81. The van der Waals surface area contributed by atoms with Gasteiger partial charge in [-0.05, 0) is 40.2 Å². The molecule has 0 saturated carbocycles. The van der Waals surface area contributed by atoms with Crippen molar-refractivity contribution in [2.75, 3.05) is 6.54 Å². The number of alkyl carbamates (subject to hydrolysis) is 1. The predicted molar refractivity (Wildman–Crippen MR) is 75.5 cm³/mol. The highest BCUT2D eigenvalue weighted by Gasteiger charge is 2.38. The molecule has 0 aromatic carbocycles. The van der Waals surface area contributed by atoms with E-state index >= 15 is 0 Å². The van der Waals surface area contributed by atoms with E-state index in [1.54, 1.807) is 26.8 Å². The van der Waals surface area contributed by atoms with Crippen LogP contribution in [0.2, 0.25) is 0 Å². The molecule has 1 fully saturated rings. The summed E-state index contributed by atoms with van der Waals surface area (Å²) in [6, 6.07) is -0.552. The Morgan fingerprint density at radius 1 is 1.55 bits per heavy atom. The number of allylic oxidation sites excluding steroid dienone is 1. The van der Waals surface area contributed by atoms with Crippen molar-refractivity contribution in [1.29, 1.82) is 0 Å². The molecule has 1 saturated heterocycles. The molecule has 3 atom stereocenters. The minimum Gasteiger partial charge on any atom is -0.481 e. The molecule has 1 amide bonds. The van der Waals surface area contributed by atoms with Gasteiger partial charge in [0.1, 0.15) is 5.60 Å². The van der Waals surface area contributed by atoms with E-state index in [-0.39, 0.29) is 12.1 Å². The fourth-order valence-electron chi connectivity index (χ4n) is 2.35. The lowest BCUT2D eigenvalue weighted by Gasteiger charge is -2.27. The minimum atomic E-state index is -0.889. The Labute approximate surface area is 119 Å². The number of nitrogens with one attached hydrogen (secondary N) is 2. The summed E-state index contributed by atoms with van der Waals surface area (Å²) in [7, 11) is 0. The highest BCUT2D eigenvalue weighted by molar-refractivity contribution is 5.72. The minimum absolute atomic E-state index is 0.245. The van der Waals surface area contributed by atoms with E-state index < -0.39 is 23.6 Å². The molecule has 1 heterocycles. The van der Waals surface area contributed by atoms with Gasteiger partial charge in [-0.3, -0.25) is 4.79 Å². The first kappa shape index (κ1) is 16.5. The number of aliphatic carboxylic acids is 1. The lowest BCUT2D eigenvalue weighted by molar-refractivity contribution is -0.142. The fourth-order valence-corrected chi connectivity index (χ4v) is 2.35. The van der Waals surface area contributed by atoms with Crippen LogP contribution in [0.15, 0.2) is 12.7 Å². The molecule has 1 rings (SSSR count). The molecule has 0 spiro atoms. The second kappa shape index (κ2) is 6.74. The summed E-state index contributed by atoms with van der Waals surface area (Å²) < 4.78 is 5.20. The molecule has 0 unspecified atom stereocenters. The average Bonchev–Trinajstić information content (AvgIpc) is 2.70. The van der Waals surface area contributed by atoms with Gasteiger partial charge in [0.15, 0.2) is 0 Å². The standard InChI is InChI=1S/C14H24N2O4/c1-5-6-9(12(17)18)11-10(7-8-15-11)16-13(19)20-14(2,3)4/h5,9-11,15H,1,6-8H2,2-4H3,(H,16,19)(H,17,18)/t9-,10+,11-/m1/s1. The Morgan fingerprint density at radius 3 is 2.70 bits per heavy atom. The summed E-state index contributed by atoms with van der Waals surface area (Å²) >= 11 is 0. The third kappa shape index (κ3) is 4.85. The fraction of sp³-hybridized carbons (Fsp3) is 0.714. The quantitative estimate of drug-likeness (QED) is 0.666. The molecular formula is C14H24N2O4. The molecule has 0 bridgehead atoms. The summed E-state index contributed by atoms with van der Waals surface area (Å²) in [5.74, 6) is -1.49. The van der Waals surface area contributed by atoms with Gasteiger partial charge >= 0.3 is 12.1 Å². The van der Waals surface area contributed by atoms with Crippen LogP contribution in [-0.2, 0) is 9.53 Å². The van der Waals surface area contributed by atoms with Crippen LogP contribution in [0.3, 0.4) is 0 Å². The Balaban J connectivity index is 2.66. The summed E-state index contributed by atoms with van der Waals surface area (Å²) in [6.07, 6.45) is 2.12. The molecule has 0 aromatic heterocycles. The molecule has 0 aromatic rings. The third-order valence-electron chi connectivity index (χ3n) is 3.14. The molecular weight excluding hydrogens is 260 g/mol. The van der Waals surface area contributed by atoms with Crippen LogP contribution in [0.4, 0.5) is 4.79 Å². The van der Waals surface area contributed by atoms with Crippen LogP contribution in [0.25, 0.3) is 0 Å². The monoisotopic (exact) mass is 284 g/mol. The number of ether oxygens (including phenoxy) is 1. The molecule has 3 N–H and O–H groups in total. The van der Waals surface area contributed by atoms with Crippen molar-refractivity contribution >= 4 is 12.1 Å². The average molecular weight is 284 g/mol. The third-order valence-corrected chi connectivity index (χ3v) is 3.14. The summed E-state index contributed by atoms with van der Waals surface area (Å²) in [6.45, 7) is 9.62. The summed E-state index contributed by atoms with van der Waals surface area (Å²) in [5.41, 5.74) is -0.571. The lowest BCUT2D eigenvalue weighted by Crippen LogP contribution is -2.50. The molecule has 0 radical (unpaired) electrons. The Morgan fingerprint density at radius 2 is 2.20 bits per heavy atom. The van der Waals surface area contributed by atoms with Gasteiger partial charge in [0, 0.05) is 12.1 Å². The first-order valence-electron chi connectivity index (χ1n) is 6.81. The van der Waals surface area contributed by atoms with Crippen molar-refractivity contribution in [3.8, 4) is 0 Å². The number of carbonyl (C=O) groups excluding carboxylic acids is 1. The van der Waals surface area contributed by atoms with Gasteiger partial charge in [0.05, 0.1) is 5.92 Å². The van der Waals surface area contributed by atoms with E-state index in [0.29, 0.717) is 19.4 Å². The van der Waals surface area contributed by atoms with Gasteiger partial charge in [-0.1, -0.05) is 6.08 Å². The topological polar surface area (TPSA) is 87.7 Å². The zero-order valence-corrected chi connectivity index (χ0v) is 12.3. The number of hydrogen-bond donors (Lipinski definition) is 3. The van der Waals surface area contributed by atoms with E-state index in [1.807, 2.05) is 0 Å². The summed E-state index contributed by atoms with van der Waals surface area (Å²) in [4.78, 5) is 23.1. The van der Waals surface area contributed by atoms with Crippen molar-refractivity contribution in [1.82, 2.24) is 10.6 Å². The van der Waals surface area contributed by atoms with Gasteiger partial charge in [-0.2, -0.15) is 0 Å². The molecule has 1 aliphatic rings. The second-order valence-corrected chi connectivity index (χ2v) is 5.99. The van der Waals surface area contributed by atoms with Gasteiger partial charge in [-0.15, -0.1) is 6.58 Å². The first-order chi connectivity index (χ1) is 9.24. The van der Waals surface area contributed by atoms with E-state index in [9.17, 15) is 14.7 Å². The predicted octanol–water partition coefficient (Wildman–Crippen LogP) is 1.52. The maximum absolute atomic E-state index is 11.8. The second-order valence-electron chi connectivity index (χ2n) is 5.99. The zero-order valence-electron chi connectivity index (χ0n) is 12.3. The Kier molecular flexibility index (Phi) is 5.56. The molecule has 6 heteroatoms. The highest BCUT2D eigenvalue weighted by atomic mass is 16.6. The van der Waals surface area contributed by atoms with E-state index in [2.05, 4.69) is 17.2 Å². The largest absolute Gasteiger partial charge is 0.481 e. The van der Waals surface area contributed by atoms with Crippen LogP contribution in [-0.4, -0.2) is 41.4 Å². The Hall–Kier alpha value is -1.56. The molecule has 20 heavy (non-hydrogen) atoms. The van der Waals surface area contributed by atoms with Crippen molar-refractivity contribution in [2.24, 2.45) is 5.92 Å². The normalized spacial score (nSPS) is 23.9. The summed E-state index contributed by atoms with van der Waals surface area (Å²) in [5, 5.41) is 15.2. The van der Waals surface area contributed by atoms with Gasteiger partial charge in [0.2, 0.25) is 0 Å². The van der Waals surface area contributed by atoms with Crippen LogP contribution >= 0.6 is 0 Å². The van der Waals surface area contributed by atoms with Crippen LogP contribution < -0.4 is 10.6 Å². The SMILES string of the molecule is C=CC[C@@H](C(=O)O)[C@H]1NCC[C@@H]1NC(=O)OC(C)(C)C. The van der Waals surface area contributed by atoms with Crippen molar-refractivity contribution in [2.45, 2.75) is 51.3 Å². The molecule has 0 aliphatic carbocycles. The van der Waals surface area contributed by atoms with Crippen molar-refractivity contribution in [3.63, 3.8) is 0 Å². The van der Waals surface area contributed by atoms with Crippen LogP contribution in [0.1, 0.15) is 33.6 Å². The maximum Gasteiger partial charge on any atom is 0.407 e. The van der Waals surface area contributed by atoms with E-state index in [0.717, 1.165) is 0 Å². The van der Waals surface area contributed by atoms with Crippen LogP contribution in [0.5, 0.6) is 0 Å². The number of carboxylic acids is 1.